The number of halogens is 1. The van der Waals surface area contributed by atoms with Crippen LogP contribution < -0.4 is 11.1 Å². The summed E-state index contributed by atoms with van der Waals surface area (Å²) in [6.45, 7) is 8.84. The Kier molecular flexibility index (Phi) is 6.10. The zero-order chi connectivity index (χ0) is 15.0. The van der Waals surface area contributed by atoms with Gasteiger partial charge in [-0.3, -0.25) is 4.79 Å². The third-order valence-electron chi connectivity index (χ3n) is 5.70. The molecule has 0 spiro atoms. The first kappa shape index (κ1) is 18.7. The van der Waals surface area contributed by atoms with Gasteiger partial charge in [-0.1, -0.05) is 26.7 Å². The van der Waals surface area contributed by atoms with Crippen LogP contribution in [0.2, 0.25) is 0 Å². The number of hydrogen-bond donors (Lipinski definition) is 2. The maximum Gasteiger partial charge on any atom is 0.241 e. The highest BCUT2D eigenvalue weighted by molar-refractivity contribution is 5.89. The predicted molar refractivity (Wildman–Crippen MR) is 87.5 cm³/mol. The van der Waals surface area contributed by atoms with E-state index in [2.05, 4.69) is 12.2 Å². The Balaban J connectivity index is 0.00000220. The van der Waals surface area contributed by atoms with E-state index in [1.54, 1.807) is 0 Å². The van der Waals surface area contributed by atoms with Crippen LogP contribution in [0, 0.1) is 11.3 Å². The van der Waals surface area contributed by atoms with E-state index in [4.69, 9.17) is 10.5 Å². The number of carbonyl (C=O) groups excluding carboxylic acids is 1. The monoisotopic (exact) mass is 318 g/mol. The Morgan fingerprint density at radius 2 is 1.95 bits per heavy atom. The highest BCUT2D eigenvalue weighted by atomic mass is 35.5. The van der Waals surface area contributed by atoms with Crippen molar-refractivity contribution >= 4 is 18.3 Å². The van der Waals surface area contributed by atoms with Crippen molar-refractivity contribution in [2.75, 3.05) is 6.61 Å². The summed E-state index contributed by atoms with van der Waals surface area (Å²) in [5.41, 5.74) is 5.30. The maximum atomic E-state index is 12.6. The van der Waals surface area contributed by atoms with Gasteiger partial charge in [0.1, 0.15) is 5.54 Å². The van der Waals surface area contributed by atoms with Crippen LogP contribution >= 0.6 is 12.4 Å². The van der Waals surface area contributed by atoms with Crippen molar-refractivity contribution in [3.8, 4) is 0 Å². The zero-order valence-electron chi connectivity index (χ0n) is 13.8. The zero-order valence-corrected chi connectivity index (χ0v) is 14.6. The highest BCUT2D eigenvalue weighted by Gasteiger charge is 2.63. The molecule has 0 heterocycles. The van der Waals surface area contributed by atoms with Gasteiger partial charge in [-0.15, -0.1) is 12.4 Å². The molecule has 0 aliphatic heterocycles. The predicted octanol–water partition coefficient (Wildman–Crippen LogP) is 2.64. The molecule has 2 fully saturated rings. The van der Waals surface area contributed by atoms with E-state index in [-0.39, 0.29) is 35.9 Å². The molecule has 0 aromatic heterocycles. The van der Waals surface area contributed by atoms with Crippen LogP contribution in [0.15, 0.2) is 0 Å². The van der Waals surface area contributed by atoms with Crippen molar-refractivity contribution in [1.82, 2.24) is 5.32 Å². The Bertz CT molecular complexity index is 369. The molecule has 3 N–H and O–H groups in total. The van der Waals surface area contributed by atoms with Crippen molar-refractivity contribution in [1.29, 1.82) is 0 Å². The fourth-order valence-electron chi connectivity index (χ4n) is 3.73. The van der Waals surface area contributed by atoms with E-state index in [0.717, 1.165) is 0 Å². The Morgan fingerprint density at radius 1 is 1.38 bits per heavy atom. The first-order valence-electron chi connectivity index (χ1n) is 8.04. The summed E-state index contributed by atoms with van der Waals surface area (Å²) < 4.78 is 5.68. The first-order chi connectivity index (χ1) is 9.33. The largest absolute Gasteiger partial charge is 0.378 e. The summed E-state index contributed by atoms with van der Waals surface area (Å²) in [4.78, 5) is 12.6. The maximum absolute atomic E-state index is 12.6. The topological polar surface area (TPSA) is 64.3 Å². The van der Waals surface area contributed by atoms with Crippen molar-refractivity contribution in [3.63, 3.8) is 0 Å². The Hall–Kier alpha value is -0.320. The fourth-order valence-corrected chi connectivity index (χ4v) is 3.73. The number of amides is 1. The molecular weight excluding hydrogens is 288 g/mol. The molecule has 3 unspecified atom stereocenters. The minimum Gasteiger partial charge on any atom is -0.378 e. The molecule has 124 valence electrons. The average molecular weight is 319 g/mol. The van der Waals surface area contributed by atoms with E-state index in [1.807, 2.05) is 20.8 Å². The molecule has 3 atom stereocenters. The van der Waals surface area contributed by atoms with E-state index in [0.29, 0.717) is 18.9 Å². The molecule has 0 radical (unpaired) electrons. The van der Waals surface area contributed by atoms with Gasteiger partial charge in [0.25, 0.3) is 0 Å². The lowest BCUT2D eigenvalue weighted by Crippen LogP contribution is -2.76. The standard InChI is InChI=1S/C16H30N2O2.ClH/c1-5-20-13-10-16(17,15(13,3)4)14(19)18-11(2)12-8-6-7-9-12;/h11-13H,5-10,17H2,1-4H3,(H,18,19);1H. The smallest absolute Gasteiger partial charge is 0.241 e. The van der Waals surface area contributed by atoms with Crippen LogP contribution in [-0.4, -0.2) is 30.2 Å². The van der Waals surface area contributed by atoms with Gasteiger partial charge in [0.05, 0.1) is 6.10 Å². The molecule has 2 saturated carbocycles. The van der Waals surface area contributed by atoms with Gasteiger partial charge < -0.3 is 15.8 Å². The summed E-state index contributed by atoms with van der Waals surface area (Å²) in [5, 5.41) is 3.16. The molecule has 4 nitrogen and oxygen atoms in total. The van der Waals surface area contributed by atoms with Gasteiger partial charge in [0.15, 0.2) is 0 Å². The van der Waals surface area contributed by atoms with Crippen molar-refractivity contribution < 1.29 is 9.53 Å². The van der Waals surface area contributed by atoms with E-state index >= 15 is 0 Å². The van der Waals surface area contributed by atoms with Gasteiger partial charge >= 0.3 is 0 Å². The summed E-state index contributed by atoms with van der Waals surface area (Å²) in [5.74, 6) is 0.617. The fraction of sp³-hybridized carbons (Fsp3) is 0.938. The quantitative estimate of drug-likeness (QED) is 0.819. The van der Waals surface area contributed by atoms with E-state index in [1.165, 1.54) is 25.7 Å². The third-order valence-corrected chi connectivity index (χ3v) is 5.70. The Morgan fingerprint density at radius 3 is 2.43 bits per heavy atom. The van der Waals surface area contributed by atoms with Crippen LogP contribution in [-0.2, 0) is 9.53 Å². The van der Waals surface area contributed by atoms with Crippen LogP contribution in [0.1, 0.15) is 59.8 Å². The highest BCUT2D eigenvalue weighted by Crippen LogP contribution is 2.50. The summed E-state index contributed by atoms with van der Waals surface area (Å²) in [6.07, 6.45) is 5.74. The molecule has 2 rings (SSSR count). The summed E-state index contributed by atoms with van der Waals surface area (Å²) in [6, 6.07) is 0.229. The van der Waals surface area contributed by atoms with Gasteiger partial charge in [-0.05, 0) is 32.6 Å². The van der Waals surface area contributed by atoms with Crippen molar-refractivity contribution in [2.24, 2.45) is 17.1 Å². The molecule has 5 heteroatoms. The minimum atomic E-state index is -0.792. The number of nitrogens with one attached hydrogen (secondary N) is 1. The number of rotatable bonds is 5. The van der Waals surface area contributed by atoms with Crippen molar-refractivity contribution in [3.05, 3.63) is 0 Å². The lowest BCUT2D eigenvalue weighted by atomic mass is 9.54. The molecule has 0 bridgehead atoms. The second-order valence-electron chi connectivity index (χ2n) is 7.15. The normalized spacial score (nSPS) is 32.9. The number of hydrogen-bond acceptors (Lipinski definition) is 3. The summed E-state index contributed by atoms with van der Waals surface area (Å²) in [7, 11) is 0. The third kappa shape index (κ3) is 3.22. The second-order valence-corrected chi connectivity index (χ2v) is 7.15. The van der Waals surface area contributed by atoms with Crippen molar-refractivity contribution in [2.45, 2.75) is 77.5 Å². The van der Waals surface area contributed by atoms with Gasteiger partial charge in [-0.2, -0.15) is 0 Å². The lowest BCUT2D eigenvalue weighted by Gasteiger charge is -2.57. The molecule has 0 aromatic carbocycles. The molecule has 21 heavy (non-hydrogen) atoms. The Labute approximate surface area is 135 Å². The molecule has 0 aromatic rings. The molecule has 2 aliphatic rings. The van der Waals surface area contributed by atoms with Crippen LogP contribution in [0.4, 0.5) is 0 Å². The number of ether oxygens (including phenoxy) is 1. The first-order valence-corrected chi connectivity index (χ1v) is 8.04. The second kappa shape index (κ2) is 6.84. The molecule has 1 amide bonds. The van der Waals surface area contributed by atoms with Gasteiger partial charge in [-0.25, -0.2) is 0 Å². The van der Waals surface area contributed by atoms with E-state index < -0.39 is 5.54 Å². The van der Waals surface area contributed by atoms with Crippen LogP contribution in [0.3, 0.4) is 0 Å². The molecular formula is C16H31ClN2O2. The average Bonchev–Trinajstić information content (AvgIpc) is 2.92. The minimum absolute atomic E-state index is 0. The molecule has 0 saturated heterocycles. The number of nitrogens with two attached hydrogens (primary N) is 1. The summed E-state index contributed by atoms with van der Waals surface area (Å²) >= 11 is 0. The van der Waals surface area contributed by atoms with Crippen LogP contribution in [0.5, 0.6) is 0 Å². The van der Waals surface area contributed by atoms with Gasteiger partial charge in [0.2, 0.25) is 5.91 Å². The van der Waals surface area contributed by atoms with Gasteiger partial charge in [0, 0.05) is 24.5 Å². The lowest BCUT2D eigenvalue weighted by molar-refractivity contribution is -0.171. The van der Waals surface area contributed by atoms with E-state index in [9.17, 15) is 4.79 Å². The molecule has 2 aliphatic carbocycles. The SMILES string of the molecule is CCOC1CC(N)(C(=O)NC(C)C2CCCC2)C1(C)C.Cl. The van der Waals surface area contributed by atoms with Crippen LogP contribution in [0.25, 0.3) is 0 Å². The number of carbonyl (C=O) groups is 1.